The second-order valence-corrected chi connectivity index (χ2v) is 3.96. The van der Waals surface area contributed by atoms with Gasteiger partial charge in [-0.2, -0.15) is 8.78 Å². The monoisotopic (exact) mass is 244 g/mol. The molecule has 1 aliphatic rings. The minimum atomic E-state index is -2.57. The smallest absolute Gasteiger partial charge is 0.319 e. The molecule has 1 aromatic heterocycles. The van der Waals surface area contributed by atoms with Crippen molar-refractivity contribution < 1.29 is 13.6 Å². The molecule has 0 radical (unpaired) electrons. The van der Waals surface area contributed by atoms with Crippen molar-refractivity contribution in [2.75, 3.05) is 6.54 Å². The van der Waals surface area contributed by atoms with Crippen LogP contribution in [0.3, 0.4) is 0 Å². The van der Waals surface area contributed by atoms with Gasteiger partial charge in [0.1, 0.15) is 5.82 Å². The highest BCUT2D eigenvalue weighted by Gasteiger charge is 2.20. The van der Waals surface area contributed by atoms with E-state index < -0.39 is 6.55 Å². The Morgan fingerprint density at radius 2 is 2.47 bits per heavy atom. The van der Waals surface area contributed by atoms with Crippen molar-refractivity contribution in [1.29, 1.82) is 0 Å². The number of hydrogen-bond acceptors (Lipinski definition) is 3. The Balaban J connectivity index is 1.78. The van der Waals surface area contributed by atoms with Gasteiger partial charge in [-0.1, -0.05) is 0 Å². The van der Waals surface area contributed by atoms with E-state index in [-0.39, 0.29) is 18.5 Å². The molecule has 0 aromatic carbocycles. The summed E-state index contributed by atoms with van der Waals surface area (Å²) >= 11 is 0. The van der Waals surface area contributed by atoms with Crippen molar-refractivity contribution in [3.63, 3.8) is 0 Å². The van der Waals surface area contributed by atoms with Crippen LogP contribution in [-0.2, 0) is 11.3 Å². The second kappa shape index (κ2) is 5.22. The van der Waals surface area contributed by atoms with Crippen molar-refractivity contribution in [3.8, 4) is 0 Å². The van der Waals surface area contributed by atoms with Crippen LogP contribution >= 0.6 is 0 Å². The zero-order valence-electron chi connectivity index (χ0n) is 9.20. The lowest BCUT2D eigenvalue weighted by atomic mass is 10.2. The topological polar surface area (TPSA) is 59.0 Å². The minimum absolute atomic E-state index is 0.0471. The number of carbonyl (C=O) groups excluding carboxylic acids is 1. The van der Waals surface area contributed by atoms with Gasteiger partial charge in [0.05, 0.1) is 6.54 Å². The number of imidazole rings is 1. The molecule has 0 saturated carbocycles. The fraction of sp³-hybridized carbons (Fsp3) is 0.600. The van der Waals surface area contributed by atoms with Crippen LogP contribution in [0.25, 0.3) is 0 Å². The fourth-order valence-corrected chi connectivity index (χ4v) is 1.85. The molecule has 1 saturated heterocycles. The largest absolute Gasteiger partial charge is 0.352 e. The molecule has 0 bridgehead atoms. The third kappa shape index (κ3) is 3.00. The standard InChI is InChI=1S/C10H14F2N4O/c11-10(12)16-4-3-14-8(16)6-13-5-7-1-2-9(17)15-7/h3-4,7,10,13H,1-2,5-6H2,(H,15,17). The summed E-state index contributed by atoms with van der Waals surface area (Å²) in [6, 6.07) is 0.0949. The third-order valence-corrected chi connectivity index (χ3v) is 2.72. The molecule has 2 rings (SSSR count). The summed E-state index contributed by atoms with van der Waals surface area (Å²) in [6.07, 6.45) is 3.92. The molecule has 17 heavy (non-hydrogen) atoms. The van der Waals surface area contributed by atoms with E-state index in [4.69, 9.17) is 0 Å². The number of amides is 1. The lowest BCUT2D eigenvalue weighted by Crippen LogP contribution is -2.35. The summed E-state index contributed by atoms with van der Waals surface area (Å²) in [5, 5.41) is 5.81. The van der Waals surface area contributed by atoms with E-state index in [1.807, 2.05) is 0 Å². The Kier molecular flexibility index (Phi) is 3.68. The number of nitrogens with one attached hydrogen (secondary N) is 2. The molecular formula is C10H14F2N4O. The van der Waals surface area contributed by atoms with Crippen LogP contribution in [-0.4, -0.2) is 28.0 Å². The van der Waals surface area contributed by atoms with Crippen molar-refractivity contribution in [1.82, 2.24) is 20.2 Å². The Bertz CT molecular complexity index is 393. The Labute approximate surface area is 97.2 Å². The number of nitrogens with zero attached hydrogens (tertiary/aromatic N) is 2. The van der Waals surface area contributed by atoms with Crippen LogP contribution < -0.4 is 10.6 Å². The highest BCUT2D eigenvalue weighted by Crippen LogP contribution is 2.12. The number of halogens is 2. The Morgan fingerprint density at radius 1 is 1.65 bits per heavy atom. The lowest BCUT2D eigenvalue weighted by molar-refractivity contribution is -0.119. The first-order valence-corrected chi connectivity index (χ1v) is 5.47. The van der Waals surface area contributed by atoms with Crippen LogP contribution in [0.5, 0.6) is 0 Å². The zero-order valence-corrected chi connectivity index (χ0v) is 9.20. The molecular weight excluding hydrogens is 230 g/mol. The van der Waals surface area contributed by atoms with E-state index >= 15 is 0 Å². The SMILES string of the molecule is O=C1CCC(CNCc2nccn2C(F)F)N1. The molecule has 2 heterocycles. The molecule has 1 atom stereocenters. The van der Waals surface area contributed by atoms with Crippen molar-refractivity contribution >= 4 is 5.91 Å². The number of rotatable bonds is 5. The summed E-state index contributed by atoms with van der Waals surface area (Å²) in [6.45, 7) is -1.73. The molecule has 0 spiro atoms. The summed E-state index contributed by atoms with van der Waals surface area (Å²) in [4.78, 5) is 14.8. The van der Waals surface area contributed by atoms with Crippen LogP contribution in [0.2, 0.25) is 0 Å². The van der Waals surface area contributed by atoms with E-state index in [1.54, 1.807) is 0 Å². The summed E-state index contributed by atoms with van der Waals surface area (Å²) in [5.74, 6) is 0.343. The van der Waals surface area contributed by atoms with Crippen molar-refractivity contribution in [2.45, 2.75) is 32.0 Å². The predicted molar refractivity (Wildman–Crippen MR) is 56.4 cm³/mol. The molecule has 1 unspecified atom stereocenters. The fourth-order valence-electron chi connectivity index (χ4n) is 1.85. The first kappa shape index (κ1) is 12.0. The molecule has 1 aliphatic heterocycles. The van der Waals surface area contributed by atoms with Gasteiger partial charge in [-0.3, -0.25) is 9.36 Å². The van der Waals surface area contributed by atoms with E-state index in [2.05, 4.69) is 15.6 Å². The molecule has 5 nitrogen and oxygen atoms in total. The van der Waals surface area contributed by atoms with Crippen molar-refractivity contribution in [2.24, 2.45) is 0 Å². The number of carbonyl (C=O) groups is 1. The molecule has 1 aromatic rings. The van der Waals surface area contributed by atoms with Gasteiger partial charge >= 0.3 is 6.55 Å². The van der Waals surface area contributed by atoms with Gasteiger partial charge in [-0.25, -0.2) is 4.98 Å². The third-order valence-electron chi connectivity index (χ3n) is 2.72. The van der Waals surface area contributed by atoms with E-state index in [9.17, 15) is 13.6 Å². The average Bonchev–Trinajstić information content (AvgIpc) is 2.87. The van der Waals surface area contributed by atoms with E-state index in [0.29, 0.717) is 18.8 Å². The highest BCUT2D eigenvalue weighted by molar-refractivity contribution is 5.78. The van der Waals surface area contributed by atoms with Gasteiger partial charge in [0.2, 0.25) is 5.91 Å². The van der Waals surface area contributed by atoms with Crippen LogP contribution in [0, 0.1) is 0 Å². The maximum Gasteiger partial charge on any atom is 0.319 e. The summed E-state index contributed by atoms with van der Waals surface area (Å²) < 4.78 is 25.8. The maximum absolute atomic E-state index is 12.5. The van der Waals surface area contributed by atoms with E-state index in [1.165, 1.54) is 12.4 Å². The van der Waals surface area contributed by atoms with Crippen molar-refractivity contribution in [3.05, 3.63) is 18.2 Å². The molecule has 1 fully saturated rings. The first-order chi connectivity index (χ1) is 8.16. The maximum atomic E-state index is 12.5. The number of hydrogen-bond donors (Lipinski definition) is 2. The van der Waals surface area contributed by atoms with Gasteiger partial charge in [-0.15, -0.1) is 0 Å². The normalized spacial score (nSPS) is 19.9. The van der Waals surface area contributed by atoms with Gasteiger partial charge in [0.15, 0.2) is 0 Å². The molecule has 0 aliphatic carbocycles. The second-order valence-electron chi connectivity index (χ2n) is 3.96. The first-order valence-electron chi connectivity index (χ1n) is 5.47. The van der Waals surface area contributed by atoms with Gasteiger partial charge in [0.25, 0.3) is 0 Å². The predicted octanol–water partition coefficient (Wildman–Crippen LogP) is 0.646. The average molecular weight is 244 g/mol. The summed E-state index contributed by atoms with van der Waals surface area (Å²) in [7, 11) is 0. The minimum Gasteiger partial charge on any atom is -0.352 e. The molecule has 2 N–H and O–H groups in total. The summed E-state index contributed by atoms with van der Waals surface area (Å²) in [5.41, 5.74) is 0. The molecule has 94 valence electrons. The number of alkyl halides is 2. The Hall–Kier alpha value is -1.50. The van der Waals surface area contributed by atoms with E-state index in [0.717, 1.165) is 11.0 Å². The molecule has 1 amide bonds. The zero-order chi connectivity index (χ0) is 12.3. The van der Waals surface area contributed by atoms with Crippen LogP contribution in [0.1, 0.15) is 25.2 Å². The highest BCUT2D eigenvalue weighted by atomic mass is 19.3. The van der Waals surface area contributed by atoms with Gasteiger partial charge in [-0.05, 0) is 6.42 Å². The number of aromatic nitrogens is 2. The van der Waals surface area contributed by atoms with Crippen LogP contribution in [0.4, 0.5) is 8.78 Å². The van der Waals surface area contributed by atoms with Gasteiger partial charge in [0, 0.05) is 31.4 Å². The van der Waals surface area contributed by atoms with Gasteiger partial charge < -0.3 is 10.6 Å². The van der Waals surface area contributed by atoms with Crippen LogP contribution in [0.15, 0.2) is 12.4 Å². The Morgan fingerprint density at radius 3 is 3.12 bits per heavy atom. The quantitative estimate of drug-likeness (QED) is 0.799. The molecule has 7 heteroatoms. The lowest BCUT2D eigenvalue weighted by Gasteiger charge is -2.11.